The van der Waals surface area contributed by atoms with Crippen molar-refractivity contribution in [3.05, 3.63) is 27.6 Å². The number of esters is 1. The summed E-state index contributed by atoms with van der Waals surface area (Å²) >= 11 is 7.13. The fourth-order valence-electron chi connectivity index (χ4n) is 1.82. The van der Waals surface area contributed by atoms with E-state index < -0.39 is 17.7 Å². The first-order chi connectivity index (χ1) is 11.1. The summed E-state index contributed by atoms with van der Waals surface area (Å²) in [6.07, 6.45) is 1.30. The maximum Gasteiger partial charge on any atom is 0.411 e. The summed E-state index contributed by atoms with van der Waals surface area (Å²) in [5.74, 6) is -0.457. The topological polar surface area (TPSA) is 88.5 Å². The molecule has 0 radical (unpaired) electrons. The van der Waals surface area contributed by atoms with Crippen LogP contribution in [0.1, 0.15) is 47.8 Å². The molecule has 0 saturated heterocycles. The number of aryl methyl sites for hydroxylation is 1. The SMILES string of the molecule is CCc1sc(C(=O)OC)cc1/C(=C/NC(=O)OC(C)(C)C)C(=N)Cl. The lowest BCUT2D eigenvalue weighted by Crippen LogP contribution is -2.30. The molecule has 0 aliphatic rings. The van der Waals surface area contributed by atoms with Crippen LogP contribution in [0.3, 0.4) is 0 Å². The second-order valence-electron chi connectivity index (χ2n) is 5.81. The monoisotopic (exact) mass is 372 g/mol. The van der Waals surface area contributed by atoms with Crippen molar-refractivity contribution in [2.24, 2.45) is 0 Å². The number of halogens is 1. The summed E-state index contributed by atoms with van der Waals surface area (Å²) in [5.41, 5.74) is 0.270. The molecule has 6 nitrogen and oxygen atoms in total. The van der Waals surface area contributed by atoms with Gasteiger partial charge in [-0.2, -0.15) is 0 Å². The van der Waals surface area contributed by atoms with Crippen molar-refractivity contribution < 1.29 is 19.1 Å². The van der Waals surface area contributed by atoms with Gasteiger partial charge in [0, 0.05) is 22.2 Å². The quantitative estimate of drug-likeness (QED) is 0.599. The summed E-state index contributed by atoms with van der Waals surface area (Å²) in [6, 6.07) is 1.61. The average molecular weight is 373 g/mol. The van der Waals surface area contributed by atoms with Gasteiger partial charge in [-0.1, -0.05) is 18.5 Å². The van der Waals surface area contributed by atoms with Crippen LogP contribution in [0.15, 0.2) is 12.3 Å². The normalized spacial score (nSPS) is 11.8. The number of hydrogen-bond acceptors (Lipinski definition) is 6. The van der Waals surface area contributed by atoms with Gasteiger partial charge in [-0.05, 0) is 33.3 Å². The van der Waals surface area contributed by atoms with E-state index in [9.17, 15) is 9.59 Å². The maximum atomic E-state index is 11.8. The van der Waals surface area contributed by atoms with Crippen molar-refractivity contribution in [3.8, 4) is 0 Å². The van der Waals surface area contributed by atoms with Crippen molar-refractivity contribution in [3.63, 3.8) is 0 Å². The standard InChI is InChI=1S/C16H21ClN2O4S/c1-6-11-9(7-12(24-11)14(20)22-5)10(13(17)18)8-19-15(21)23-16(2,3)4/h7-8,18H,6H2,1-5H3,(H,19,21)/b10-8-,18-13?. The number of rotatable bonds is 5. The highest BCUT2D eigenvalue weighted by Crippen LogP contribution is 2.30. The van der Waals surface area contributed by atoms with Gasteiger partial charge in [0.15, 0.2) is 0 Å². The number of carbonyl (C=O) groups is 2. The second-order valence-corrected chi connectivity index (χ2v) is 7.33. The predicted octanol–water partition coefficient (Wildman–Crippen LogP) is 4.18. The highest BCUT2D eigenvalue weighted by molar-refractivity contribution is 7.14. The third-order valence-electron chi connectivity index (χ3n) is 2.78. The molecule has 0 atom stereocenters. The molecule has 132 valence electrons. The number of hydrogen-bond donors (Lipinski definition) is 2. The minimum absolute atomic E-state index is 0.255. The van der Waals surface area contributed by atoms with Gasteiger partial charge in [0.05, 0.1) is 7.11 Å². The molecule has 0 unspecified atom stereocenters. The Morgan fingerprint density at radius 1 is 1.42 bits per heavy atom. The number of methoxy groups -OCH3 is 1. The van der Waals surface area contributed by atoms with Gasteiger partial charge in [0.1, 0.15) is 15.6 Å². The minimum Gasteiger partial charge on any atom is -0.465 e. The lowest BCUT2D eigenvalue weighted by Gasteiger charge is -2.19. The fraction of sp³-hybridized carbons (Fsp3) is 0.438. The Labute approximate surface area is 150 Å². The molecule has 0 aromatic carbocycles. The molecule has 0 bridgehead atoms. The van der Waals surface area contributed by atoms with Gasteiger partial charge in [-0.25, -0.2) is 9.59 Å². The largest absolute Gasteiger partial charge is 0.465 e. The maximum absolute atomic E-state index is 11.8. The molecule has 1 aromatic heterocycles. The smallest absolute Gasteiger partial charge is 0.411 e. The van der Waals surface area contributed by atoms with E-state index in [2.05, 4.69) is 5.32 Å². The number of alkyl carbamates (subject to hydrolysis) is 1. The van der Waals surface area contributed by atoms with Crippen LogP contribution in [0.2, 0.25) is 0 Å². The summed E-state index contributed by atoms with van der Waals surface area (Å²) in [5, 5.41) is 9.95. The molecule has 1 rings (SSSR count). The zero-order chi connectivity index (χ0) is 18.5. The summed E-state index contributed by atoms with van der Waals surface area (Å²) in [6.45, 7) is 7.17. The highest BCUT2D eigenvalue weighted by atomic mass is 35.5. The third-order valence-corrected chi connectivity index (χ3v) is 4.24. The molecule has 0 aliphatic carbocycles. The molecule has 1 heterocycles. The van der Waals surface area contributed by atoms with Gasteiger partial charge in [0.2, 0.25) is 0 Å². The molecule has 1 amide bonds. The highest BCUT2D eigenvalue weighted by Gasteiger charge is 2.20. The summed E-state index contributed by atoms with van der Waals surface area (Å²) in [7, 11) is 1.30. The van der Waals surface area contributed by atoms with E-state index in [1.54, 1.807) is 26.8 Å². The average Bonchev–Trinajstić information content (AvgIpc) is 2.88. The van der Waals surface area contributed by atoms with Gasteiger partial charge < -0.3 is 9.47 Å². The van der Waals surface area contributed by atoms with Crippen LogP contribution >= 0.6 is 22.9 Å². The lowest BCUT2D eigenvalue weighted by molar-refractivity contribution is 0.0550. The van der Waals surface area contributed by atoms with E-state index in [0.717, 1.165) is 4.88 Å². The van der Waals surface area contributed by atoms with Gasteiger partial charge >= 0.3 is 12.1 Å². The van der Waals surface area contributed by atoms with Crippen LogP contribution in [0.5, 0.6) is 0 Å². The molecular weight excluding hydrogens is 352 g/mol. The van der Waals surface area contributed by atoms with E-state index in [-0.39, 0.29) is 5.17 Å². The Kier molecular flexibility index (Phi) is 6.98. The van der Waals surface area contributed by atoms with Crippen molar-refractivity contribution in [1.29, 1.82) is 5.41 Å². The van der Waals surface area contributed by atoms with Crippen LogP contribution in [0.4, 0.5) is 4.79 Å². The Balaban J connectivity index is 3.14. The summed E-state index contributed by atoms with van der Waals surface area (Å²) < 4.78 is 9.86. The van der Waals surface area contributed by atoms with Gasteiger partial charge in [0.25, 0.3) is 0 Å². The predicted molar refractivity (Wildman–Crippen MR) is 96.0 cm³/mol. The fourth-order valence-corrected chi connectivity index (χ4v) is 3.01. The van der Waals surface area contributed by atoms with Crippen LogP contribution in [-0.2, 0) is 15.9 Å². The lowest BCUT2D eigenvalue weighted by atomic mass is 10.1. The van der Waals surface area contributed by atoms with Gasteiger partial charge in [-0.3, -0.25) is 10.7 Å². The molecule has 2 N–H and O–H groups in total. The molecule has 1 aromatic rings. The molecule has 0 aliphatic heterocycles. The number of thiophene rings is 1. The zero-order valence-electron chi connectivity index (χ0n) is 14.3. The van der Waals surface area contributed by atoms with Crippen LogP contribution in [0.25, 0.3) is 5.57 Å². The van der Waals surface area contributed by atoms with Crippen LogP contribution in [-0.4, -0.2) is 29.9 Å². The Morgan fingerprint density at radius 2 is 2.04 bits per heavy atom. The van der Waals surface area contributed by atoms with Crippen LogP contribution in [0, 0.1) is 5.41 Å². The Morgan fingerprint density at radius 3 is 2.50 bits per heavy atom. The van der Waals surface area contributed by atoms with E-state index in [0.29, 0.717) is 22.4 Å². The third kappa shape index (κ3) is 5.65. The molecular formula is C16H21ClN2O4S. The number of ether oxygens (including phenoxy) is 2. The zero-order valence-corrected chi connectivity index (χ0v) is 15.9. The number of amides is 1. The number of carbonyl (C=O) groups excluding carboxylic acids is 2. The second kappa shape index (κ2) is 8.30. The number of allylic oxidation sites excluding steroid dienone is 1. The molecule has 8 heteroatoms. The summed E-state index contributed by atoms with van der Waals surface area (Å²) in [4.78, 5) is 24.7. The molecule has 0 spiro atoms. The first-order valence-electron chi connectivity index (χ1n) is 7.24. The molecule has 0 fully saturated rings. The van der Waals surface area contributed by atoms with E-state index >= 15 is 0 Å². The van der Waals surface area contributed by atoms with Gasteiger partial charge in [-0.15, -0.1) is 11.3 Å². The minimum atomic E-state index is -0.653. The van der Waals surface area contributed by atoms with E-state index in [1.807, 2.05) is 6.92 Å². The van der Waals surface area contributed by atoms with Crippen molar-refractivity contribution in [1.82, 2.24) is 5.32 Å². The van der Waals surface area contributed by atoms with Crippen molar-refractivity contribution in [2.75, 3.05) is 7.11 Å². The van der Waals surface area contributed by atoms with Crippen molar-refractivity contribution in [2.45, 2.75) is 39.7 Å². The van der Waals surface area contributed by atoms with E-state index in [1.165, 1.54) is 24.6 Å². The first kappa shape index (κ1) is 20.2. The molecule has 24 heavy (non-hydrogen) atoms. The van der Waals surface area contributed by atoms with Crippen molar-refractivity contribution >= 4 is 45.7 Å². The van der Waals surface area contributed by atoms with Crippen LogP contribution < -0.4 is 5.32 Å². The Bertz CT molecular complexity index is 674. The number of nitrogens with one attached hydrogen (secondary N) is 2. The first-order valence-corrected chi connectivity index (χ1v) is 8.44. The molecule has 0 saturated carbocycles. The van der Waals surface area contributed by atoms with E-state index in [4.69, 9.17) is 26.5 Å². The Hall–Kier alpha value is -1.86.